The Morgan fingerprint density at radius 1 is 1.45 bits per heavy atom. The summed E-state index contributed by atoms with van der Waals surface area (Å²) in [5, 5.41) is 10.9. The highest BCUT2D eigenvalue weighted by Crippen LogP contribution is 2.28. The first kappa shape index (κ1) is 15.6. The number of nitro groups is 1. The lowest BCUT2D eigenvalue weighted by molar-refractivity contribution is -0.385. The standard InChI is InChI=1S/C13H16N2O5/c1-3-8(2)11(16)7-20-12-5-4-9(13(14)17)6-10(12)15(18)19/h4-6,8H,3,7H2,1-2H3,(H2,14,17). The molecule has 0 aliphatic rings. The Bertz CT molecular complexity index is 542. The minimum Gasteiger partial charge on any atom is -0.479 e. The van der Waals surface area contributed by atoms with E-state index in [0.29, 0.717) is 6.42 Å². The number of Topliss-reactive ketones (excluding diaryl/α,β-unsaturated/α-hetero) is 1. The van der Waals surface area contributed by atoms with Gasteiger partial charge in [-0.1, -0.05) is 13.8 Å². The average molecular weight is 280 g/mol. The van der Waals surface area contributed by atoms with Gasteiger partial charge >= 0.3 is 5.69 Å². The zero-order valence-electron chi connectivity index (χ0n) is 11.3. The number of carbonyl (C=O) groups is 2. The Labute approximate surface area is 115 Å². The van der Waals surface area contributed by atoms with Crippen molar-refractivity contribution in [1.29, 1.82) is 0 Å². The van der Waals surface area contributed by atoms with Crippen molar-refractivity contribution >= 4 is 17.4 Å². The zero-order valence-corrected chi connectivity index (χ0v) is 11.3. The van der Waals surface area contributed by atoms with Crippen LogP contribution in [0.4, 0.5) is 5.69 Å². The summed E-state index contributed by atoms with van der Waals surface area (Å²) >= 11 is 0. The lowest BCUT2D eigenvalue weighted by atomic mass is 10.0. The summed E-state index contributed by atoms with van der Waals surface area (Å²) in [6.07, 6.45) is 0.672. The van der Waals surface area contributed by atoms with Crippen molar-refractivity contribution in [2.75, 3.05) is 6.61 Å². The monoisotopic (exact) mass is 280 g/mol. The molecule has 7 heteroatoms. The first-order valence-corrected chi connectivity index (χ1v) is 6.10. The van der Waals surface area contributed by atoms with Crippen LogP contribution in [0.5, 0.6) is 5.75 Å². The smallest absolute Gasteiger partial charge is 0.311 e. The number of rotatable bonds is 7. The third kappa shape index (κ3) is 3.78. The number of nitrogens with two attached hydrogens (primary N) is 1. The van der Waals surface area contributed by atoms with Gasteiger partial charge in [-0.05, 0) is 18.6 Å². The van der Waals surface area contributed by atoms with Gasteiger partial charge in [0.1, 0.15) is 6.61 Å². The second-order valence-electron chi connectivity index (χ2n) is 4.37. The normalized spacial score (nSPS) is 11.7. The summed E-state index contributed by atoms with van der Waals surface area (Å²) in [5.41, 5.74) is 4.68. The Balaban J connectivity index is 2.92. The van der Waals surface area contributed by atoms with Crippen LogP contribution in [0.1, 0.15) is 30.6 Å². The molecule has 0 aliphatic heterocycles. The quantitative estimate of drug-likeness (QED) is 0.603. The number of primary amides is 1. The molecule has 0 spiro atoms. The first-order chi connectivity index (χ1) is 9.36. The Hall–Kier alpha value is -2.44. The van der Waals surface area contributed by atoms with Crippen molar-refractivity contribution in [3.63, 3.8) is 0 Å². The van der Waals surface area contributed by atoms with Crippen LogP contribution < -0.4 is 10.5 Å². The molecule has 0 saturated heterocycles. The number of hydrogen-bond acceptors (Lipinski definition) is 5. The maximum atomic E-state index is 11.6. The molecule has 0 bridgehead atoms. The van der Waals surface area contributed by atoms with Crippen LogP contribution in [0.15, 0.2) is 18.2 Å². The van der Waals surface area contributed by atoms with Gasteiger partial charge < -0.3 is 10.5 Å². The summed E-state index contributed by atoms with van der Waals surface area (Å²) in [6, 6.07) is 3.62. The maximum absolute atomic E-state index is 11.6. The van der Waals surface area contributed by atoms with E-state index in [1.165, 1.54) is 12.1 Å². The number of carbonyl (C=O) groups excluding carboxylic acids is 2. The molecule has 0 aliphatic carbocycles. The molecule has 0 radical (unpaired) electrons. The molecule has 1 unspecified atom stereocenters. The number of nitro benzene ring substituents is 1. The summed E-state index contributed by atoms with van der Waals surface area (Å²) in [4.78, 5) is 32.9. The lowest BCUT2D eigenvalue weighted by Crippen LogP contribution is -2.19. The number of ether oxygens (including phenoxy) is 1. The number of nitrogens with zero attached hydrogens (tertiary/aromatic N) is 1. The molecule has 0 heterocycles. The van der Waals surface area contributed by atoms with E-state index < -0.39 is 16.5 Å². The topological polar surface area (TPSA) is 113 Å². The van der Waals surface area contributed by atoms with Crippen LogP contribution in [-0.4, -0.2) is 23.2 Å². The van der Waals surface area contributed by atoms with E-state index >= 15 is 0 Å². The van der Waals surface area contributed by atoms with Crippen LogP contribution in [0.2, 0.25) is 0 Å². The fourth-order valence-corrected chi connectivity index (χ4v) is 1.45. The third-order valence-corrected chi connectivity index (χ3v) is 2.97. The van der Waals surface area contributed by atoms with Crippen molar-refractivity contribution in [2.24, 2.45) is 11.7 Å². The molecule has 0 fully saturated rings. The predicted molar refractivity (Wildman–Crippen MR) is 71.6 cm³/mol. The second kappa shape index (κ2) is 6.65. The van der Waals surface area contributed by atoms with Crippen molar-refractivity contribution in [3.05, 3.63) is 33.9 Å². The molecule has 1 amide bonds. The molecule has 0 aromatic heterocycles. The average Bonchev–Trinajstić information content (AvgIpc) is 2.43. The molecule has 108 valence electrons. The number of hydrogen-bond donors (Lipinski definition) is 1. The van der Waals surface area contributed by atoms with Gasteiger partial charge in [0.15, 0.2) is 11.5 Å². The highest BCUT2D eigenvalue weighted by atomic mass is 16.6. The SMILES string of the molecule is CCC(C)C(=O)COc1ccc(C(N)=O)cc1[N+](=O)[O-]. The van der Waals surface area contributed by atoms with Gasteiger partial charge in [-0.2, -0.15) is 0 Å². The summed E-state index contributed by atoms with van der Waals surface area (Å²) in [7, 11) is 0. The lowest BCUT2D eigenvalue weighted by Gasteiger charge is -2.10. The molecular weight excluding hydrogens is 264 g/mol. The third-order valence-electron chi connectivity index (χ3n) is 2.97. The summed E-state index contributed by atoms with van der Waals surface area (Å²) in [6.45, 7) is 3.38. The van der Waals surface area contributed by atoms with E-state index in [-0.39, 0.29) is 29.6 Å². The molecule has 20 heavy (non-hydrogen) atoms. The van der Waals surface area contributed by atoms with E-state index in [1.807, 2.05) is 6.92 Å². The van der Waals surface area contributed by atoms with E-state index in [0.717, 1.165) is 6.07 Å². The van der Waals surface area contributed by atoms with Crippen molar-refractivity contribution in [2.45, 2.75) is 20.3 Å². The minimum absolute atomic E-state index is 0.0114. The van der Waals surface area contributed by atoms with Crippen LogP contribution >= 0.6 is 0 Å². The number of ketones is 1. The van der Waals surface area contributed by atoms with Crippen molar-refractivity contribution in [1.82, 2.24) is 0 Å². The molecule has 1 aromatic rings. The van der Waals surface area contributed by atoms with Gasteiger partial charge in [0, 0.05) is 17.5 Å². The van der Waals surface area contributed by atoms with Gasteiger partial charge in [-0.15, -0.1) is 0 Å². The fraction of sp³-hybridized carbons (Fsp3) is 0.385. The molecule has 2 N–H and O–H groups in total. The maximum Gasteiger partial charge on any atom is 0.311 e. The van der Waals surface area contributed by atoms with Gasteiger partial charge in [0.2, 0.25) is 5.91 Å². The predicted octanol–water partition coefficient (Wildman–Crippen LogP) is 1.69. The minimum atomic E-state index is -0.768. The van der Waals surface area contributed by atoms with Crippen LogP contribution in [0.25, 0.3) is 0 Å². The van der Waals surface area contributed by atoms with Crippen LogP contribution in [-0.2, 0) is 4.79 Å². The molecule has 1 rings (SSSR count). The molecule has 1 aromatic carbocycles. The Morgan fingerprint density at radius 2 is 2.10 bits per heavy atom. The summed E-state index contributed by atoms with van der Waals surface area (Å²) < 4.78 is 5.17. The summed E-state index contributed by atoms with van der Waals surface area (Å²) in [5.74, 6) is -1.13. The van der Waals surface area contributed by atoms with Crippen molar-refractivity contribution in [3.8, 4) is 5.75 Å². The number of amides is 1. The molecular formula is C13H16N2O5. The van der Waals surface area contributed by atoms with E-state index in [9.17, 15) is 19.7 Å². The van der Waals surface area contributed by atoms with Crippen molar-refractivity contribution < 1.29 is 19.2 Å². The molecule has 1 atom stereocenters. The largest absolute Gasteiger partial charge is 0.479 e. The zero-order chi connectivity index (χ0) is 15.3. The Morgan fingerprint density at radius 3 is 2.60 bits per heavy atom. The van der Waals surface area contributed by atoms with E-state index in [4.69, 9.17) is 10.5 Å². The number of benzene rings is 1. The van der Waals surface area contributed by atoms with Crippen LogP contribution in [0.3, 0.4) is 0 Å². The van der Waals surface area contributed by atoms with Gasteiger partial charge in [0.05, 0.1) is 4.92 Å². The van der Waals surface area contributed by atoms with E-state index in [2.05, 4.69) is 0 Å². The molecule has 0 saturated carbocycles. The molecule has 7 nitrogen and oxygen atoms in total. The Kier molecular flexibility index (Phi) is 5.19. The highest BCUT2D eigenvalue weighted by Gasteiger charge is 2.19. The van der Waals surface area contributed by atoms with Gasteiger partial charge in [0.25, 0.3) is 0 Å². The van der Waals surface area contributed by atoms with Gasteiger partial charge in [-0.25, -0.2) is 0 Å². The van der Waals surface area contributed by atoms with E-state index in [1.54, 1.807) is 6.92 Å². The fourth-order valence-electron chi connectivity index (χ4n) is 1.45. The van der Waals surface area contributed by atoms with Gasteiger partial charge in [-0.3, -0.25) is 19.7 Å². The highest BCUT2D eigenvalue weighted by molar-refractivity contribution is 5.93. The second-order valence-corrected chi connectivity index (χ2v) is 4.37. The van der Waals surface area contributed by atoms with Crippen LogP contribution in [0, 0.1) is 16.0 Å². The first-order valence-electron chi connectivity index (χ1n) is 6.10.